The number of likely N-dealkylation sites (tertiary alicyclic amines) is 1. The molecule has 1 saturated heterocycles. The molecule has 1 aliphatic heterocycles. The maximum atomic E-state index is 13.1. The van der Waals surface area contributed by atoms with Crippen LogP contribution in [-0.4, -0.2) is 40.8 Å². The molecule has 3 aromatic rings. The summed E-state index contributed by atoms with van der Waals surface area (Å²) in [6.45, 7) is 5.08. The summed E-state index contributed by atoms with van der Waals surface area (Å²) >= 11 is 0. The van der Waals surface area contributed by atoms with Crippen molar-refractivity contribution in [1.29, 1.82) is 0 Å². The summed E-state index contributed by atoms with van der Waals surface area (Å²) in [5, 5.41) is 6.98. The minimum absolute atomic E-state index is 0.167. The van der Waals surface area contributed by atoms with Crippen LogP contribution in [0.15, 0.2) is 54.7 Å². The summed E-state index contributed by atoms with van der Waals surface area (Å²) in [6, 6.07) is 15.7. The third kappa shape index (κ3) is 6.23. The number of hydrogen-bond donors (Lipinski definition) is 3. The van der Waals surface area contributed by atoms with Crippen molar-refractivity contribution in [2.45, 2.75) is 58.2 Å². The van der Waals surface area contributed by atoms with Crippen molar-refractivity contribution < 1.29 is 9.59 Å². The van der Waals surface area contributed by atoms with E-state index in [-0.39, 0.29) is 11.8 Å². The van der Waals surface area contributed by atoms with Gasteiger partial charge in [0.1, 0.15) is 6.04 Å². The number of carbonyl (C=O) groups is 2. The number of amides is 2. The highest BCUT2D eigenvalue weighted by atomic mass is 16.2. The van der Waals surface area contributed by atoms with Crippen LogP contribution < -0.4 is 10.6 Å². The Morgan fingerprint density at radius 2 is 1.64 bits per heavy atom. The van der Waals surface area contributed by atoms with E-state index in [9.17, 15) is 9.59 Å². The van der Waals surface area contributed by atoms with Gasteiger partial charge in [-0.25, -0.2) is 0 Å². The Morgan fingerprint density at radius 1 is 0.939 bits per heavy atom. The second kappa shape index (κ2) is 11.1. The zero-order valence-electron chi connectivity index (χ0n) is 19.4. The van der Waals surface area contributed by atoms with Crippen molar-refractivity contribution in [1.82, 2.24) is 20.5 Å². The number of benzene rings is 2. The molecule has 4 rings (SSSR count). The van der Waals surface area contributed by atoms with Gasteiger partial charge in [0.05, 0.1) is 0 Å². The molecule has 0 radical (unpaired) electrons. The Morgan fingerprint density at radius 3 is 2.39 bits per heavy atom. The Kier molecular flexibility index (Phi) is 7.79. The van der Waals surface area contributed by atoms with Crippen LogP contribution in [0.3, 0.4) is 0 Å². The molecule has 2 aromatic carbocycles. The van der Waals surface area contributed by atoms with Crippen molar-refractivity contribution in [2.75, 3.05) is 13.1 Å². The van der Waals surface area contributed by atoms with Crippen LogP contribution in [0.4, 0.5) is 0 Å². The topological polar surface area (TPSA) is 77.2 Å². The molecular weight excluding hydrogens is 412 g/mol. The highest BCUT2D eigenvalue weighted by Gasteiger charge is 2.22. The third-order valence-electron chi connectivity index (χ3n) is 6.46. The van der Waals surface area contributed by atoms with Crippen molar-refractivity contribution in [2.24, 2.45) is 0 Å². The van der Waals surface area contributed by atoms with E-state index in [1.54, 1.807) is 0 Å². The van der Waals surface area contributed by atoms with Gasteiger partial charge in [-0.3, -0.25) is 14.5 Å². The number of rotatable bonds is 8. The van der Waals surface area contributed by atoms with Gasteiger partial charge in [-0.15, -0.1) is 0 Å². The van der Waals surface area contributed by atoms with E-state index in [0.29, 0.717) is 13.0 Å². The first-order valence-corrected chi connectivity index (χ1v) is 12.0. The number of nitrogens with one attached hydrogen (secondary N) is 3. The number of H-pyrrole nitrogens is 1. The van der Waals surface area contributed by atoms with E-state index in [1.165, 1.54) is 38.2 Å². The highest BCUT2D eigenvalue weighted by molar-refractivity contribution is 5.89. The molecule has 1 aromatic heterocycles. The Hall–Kier alpha value is -3.12. The standard InChI is InChI=1S/C27H34N4O2/c1-20(32)30-26(16-23-18-28-25-13-7-6-12-24(23)25)27(33)29-17-21-10-4-5-11-22(21)19-31-14-8-2-3-9-15-31/h4-7,10-13,18,26,28H,2-3,8-9,14-17,19H2,1H3,(H,29,33)(H,30,32). The van der Waals surface area contributed by atoms with Gasteiger partial charge in [0.2, 0.25) is 11.8 Å². The largest absolute Gasteiger partial charge is 0.361 e. The van der Waals surface area contributed by atoms with Gasteiger partial charge < -0.3 is 15.6 Å². The quantitative estimate of drug-likeness (QED) is 0.491. The van der Waals surface area contributed by atoms with Crippen LogP contribution in [0.5, 0.6) is 0 Å². The number of carbonyl (C=O) groups excluding carboxylic acids is 2. The van der Waals surface area contributed by atoms with Crippen molar-refractivity contribution in [3.8, 4) is 0 Å². The lowest BCUT2D eigenvalue weighted by Crippen LogP contribution is -2.47. The average Bonchev–Trinajstić information content (AvgIpc) is 3.04. The van der Waals surface area contributed by atoms with Crippen molar-refractivity contribution >= 4 is 22.7 Å². The van der Waals surface area contributed by atoms with E-state index in [4.69, 9.17) is 0 Å². The average molecular weight is 447 g/mol. The van der Waals surface area contributed by atoms with Crippen molar-refractivity contribution in [3.05, 3.63) is 71.4 Å². The molecule has 1 atom stereocenters. The van der Waals surface area contributed by atoms with E-state index < -0.39 is 6.04 Å². The predicted octanol–water partition coefficient (Wildman–Crippen LogP) is 3.91. The molecule has 0 saturated carbocycles. The highest BCUT2D eigenvalue weighted by Crippen LogP contribution is 2.20. The lowest BCUT2D eigenvalue weighted by atomic mass is 10.0. The second-order valence-electron chi connectivity index (χ2n) is 8.99. The maximum absolute atomic E-state index is 13.1. The fourth-order valence-corrected chi connectivity index (χ4v) is 4.70. The van der Waals surface area contributed by atoms with E-state index in [2.05, 4.69) is 38.7 Å². The molecule has 3 N–H and O–H groups in total. The van der Waals surface area contributed by atoms with E-state index in [1.807, 2.05) is 36.5 Å². The summed E-state index contributed by atoms with van der Waals surface area (Å²) in [5.41, 5.74) is 4.43. The van der Waals surface area contributed by atoms with Crippen LogP contribution in [-0.2, 0) is 29.1 Å². The molecule has 1 fully saturated rings. The fourth-order valence-electron chi connectivity index (χ4n) is 4.70. The molecule has 2 heterocycles. The van der Waals surface area contributed by atoms with Gasteiger partial charge in [0.25, 0.3) is 0 Å². The number of hydrogen-bond acceptors (Lipinski definition) is 3. The minimum atomic E-state index is -0.625. The van der Waals surface area contributed by atoms with E-state index in [0.717, 1.165) is 41.7 Å². The predicted molar refractivity (Wildman–Crippen MR) is 132 cm³/mol. The summed E-state index contributed by atoms with van der Waals surface area (Å²) in [5.74, 6) is -0.378. The zero-order chi connectivity index (χ0) is 23.0. The lowest BCUT2D eigenvalue weighted by molar-refractivity contribution is -0.128. The van der Waals surface area contributed by atoms with Crippen LogP contribution in [0.1, 0.15) is 49.3 Å². The molecule has 6 heteroatoms. The molecule has 0 spiro atoms. The first-order valence-electron chi connectivity index (χ1n) is 12.0. The number of nitrogens with zero attached hydrogens (tertiary/aromatic N) is 1. The van der Waals surface area contributed by atoms with Gasteiger partial charge in [0.15, 0.2) is 0 Å². The molecule has 0 bridgehead atoms. The molecule has 33 heavy (non-hydrogen) atoms. The Labute approximate surface area is 195 Å². The zero-order valence-corrected chi connectivity index (χ0v) is 19.4. The van der Waals surface area contributed by atoms with Crippen LogP contribution >= 0.6 is 0 Å². The number of aromatic nitrogens is 1. The molecule has 174 valence electrons. The molecular formula is C27H34N4O2. The Bertz CT molecular complexity index is 1080. The molecule has 6 nitrogen and oxygen atoms in total. The van der Waals surface area contributed by atoms with Crippen LogP contribution in [0.25, 0.3) is 10.9 Å². The summed E-state index contributed by atoms with van der Waals surface area (Å²) in [6.07, 6.45) is 7.49. The molecule has 1 aliphatic rings. The van der Waals surface area contributed by atoms with Crippen LogP contribution in [0.2, 0.25) is 0 Å². The summed E-state index contributed by atoms with van der Waals surface area (Å²) < 4.78 is 0. The minimum Gasteiger partial charge on any atom is -0.361 e. The van der Waals surface area contributed by atoms with E-state index >= 15 is 0 Å². The molecule has 2 amide bonds. The fraction of sp³-hybridized carbons (Fsp3) is 0.407. The number of aromatic amines is 1. The molecule has 0 aliphatic carbocycles. The first kappa shape index (κ1) is 23.1. The van der Waals surface area contributed by atoms with Gasteiger partial charge in [-0.1, -0.05) is 55.3 Å². The third-order valence-corrected chi connectivity index (χ3v) is 6.46. The van der Waals surface area contributed by atoms with Crippen molar-refractivity contribution in [3.63, 3.8) is 0 Å². The van der Waals surface area contributed by atoms with Gasteiger partial charge in [-0.05, 0) is 48.7 Å². The molecule has 1 unspecified atom stereocenters. The SMILES string of the molecule is CC(=O)NC(Cc1c[nH]c2ccccc12)C(=O)NCc1ccccc1CN1CCCCCC1. The van der Waals surface area contributed by atoms with Gasteiger partial charge >= 0.3 is 0 Å². The first-order chi connectivity index (χ1) is 16.1. The Balaban J connectivity index is 1.43. The second-order valence-corrected chi connectivity index (χ2v) is 8.99. The summed E-state index contributed by atoms with van der Waals surface area (Å²) in [7, 11) is 0. The number of fused-ring (bicyclic) bond motifs is 1. The smallest absolute Gasteiger partial charge is 0.243 e. The van der Waals surface area contributed by atoms with Gasteiger partial charge in [0, 0.05) is 43.5 Å². The number of para-hydroxylation sites is 1. The lowest BCUT2D eigenvalue weighted by Gasteiger charge is -2.22. The van der Waals surface area contributed by atoms with Gasteiger partial charge in [-0.2, -0.15) is 0 Å². The monoisotopic (exact) mass is 446 g/mol. The normalized spacial score (nSPS) is 15.7. The maximum Gasteiger partial charge on any atom is 0.243 e. The van der Waals surface area contributed by atoms with Crippen LogP contribution in [0, 0.1) is 0 Å². The summed E-state index contributed by atoms with van der Waals surface area (Å²) in [4.78, 5) is 30.7.